The van der Waals surface area contributed by atoms with E-state index in [1.54, 1.807) is 24.6 Å². The van der Waals surface area contributed by atoms with Crippen molar-refractivity contribution in [1.29, 1.82) is 0 Å². The van der Waals surface area contributed by atoms with E-state index in [1.807, 2.05) is 13.0 Å². The molecule has 0 unspecified atom stereocenters. The third-order valence-electron chi connectivity index (χ3n) is 3.12. The molecule has 0 spiro atoms. The van der Waals surface area contributed by atoms with E-state index >= 15 is 0 Å². The van der Waals surface area contributed by atoms with Gasteiger partial charge in [0.05, 0.1) is 13.8 Å². The quantitative estimate of drug-likeness (QED) is 0.660. The maximum atomic E-state index is 8.04. The van der Waals surface area contributed by atoms with E-state index in [4.69, 9.17) is 11.3 Å². The number of furan rings is 1. The lowest BCUT2D eigenvalue weighted by Crippen LogP contribution is -1.85. The van der Waals surface area contributed by atoms with Gasteiger partial charge in [-0.15, -0.1) is 0 Å². The number of rotatable bonds is 3. The van der Waals surface area contributed by atoms with Gasteiger partial charge < -0.3 is 4.42 Å². The van der Waals surface area contributed by atoms with E-state index in [2.05, 4.69) is 16.5 Å². The van der Waals surface area contributed by atoms with Crippen LogP contribution in [0.4, 0.5) is 0 Å². The minimum absolute atomic E-state index is 0.168. The Morgan fingerprint density at radius 2 is 2.33 bits per heavy atom. The monoisotopic (exact) mass is 281 g/mol. The summed E-state index contributed by atoms with van der Waals surface area (Å²) >= 11 is 0. The number of hydrogen-bond acceptors (Lipinski definition) is 3. The normalized spacial score (nSPS) is 15.4. The van der Waals surface area contributed by atoms with Crippen LogP contribution in [-0.2, 0) is 0 Å². The van der Waals surface area contributed by atoms with Crippen molar-refractivity contribution in [1.82, 2.24) is 9.97 Å². The van der Waals surface area contributed by atoms with Crippen LogP contribution in [0.15, 0.2) is 53.9 Å². The van der Waals surface area contributed by atoms with Gasteiger partial charge in [0.1, 0.15) is 6.26 Å². The molecule has 0 aliphatic heterocycles. The molecule has 0 bridgehead atoms. The Kier molecular flexibility index (Phi) is 2.19. The summed E-state index contributed by atoms with van der Waals surface area (Å²) in [5.41, 5.74) is 2.68. The van der Waals surface area contributed by atoms with Gasteiger partial charge in [-0.3, -0.25) is 4.98 Å². The lowest BCUT2D eigenvalue weighted by Gasteiger charge is -2.00. The van der Waals surface area contributed by atoms with Crippen molar-refractivity contribution in [2.45, 2.75) is 13.8 Å². The summed E-state index contributed by atoms with van der Waals surface area (Å²) < 4.78 is 43.6. The Labute approximate surface area is 130 Å². The molecule has 0 aliphatic rings. The molecule has 0 aliphatic carbocycles. The van der Waals surface area contributed by atoms with Gasteiger partial charge in [-0.1, -0.05) is 24.8 Å². The number of nitrogens with zero attached hydrogens (tertiary/aromatic N) is 2. The van der Waals surface area contributed by atoms with Gasteiger partial charge in [0.2, 0.25) is 5.71 Å². The molecule has 0 radical (unpaired) electrons. The van der Waals surface area contributed by atoms with Crippen LogP contribution in [0, 0.1) is 13.8 Å². The predicted octanol–water partition coefficient (Wildman–Crippen LogP) is 4.57. The van der Waals surface area contributed by atoms with Gasteiger partial charge in [-0.25, -0.2) is 4.98 Å². The molecule has 0 fully saturated rings. The molecule has 3 aromatic rings. The van der Waals surface area contributed by atoms with E-state index in [-0.39, 0.29) is 23.3 Å². The van der Waals surface area contributed by atoms with E-state index in [1.165, 1.54) is 0 Å². The Hall–Kier alpha value is -2.68. The van der Waals surface area contributed by atoms with Crippen LogP contribution in [0.25, 0.3) is 22.7 Å². The van der Waals surface area contributed by atoms with Crippen molar-refractivity contribution >= 4 is 22.7 Å². The smallest absolute Gasteiger partial charge is 0.226 e. The highest BCUT2D eigenvalue weighted by Crippen LogP contribution is 2.24. The van der Waals surface area contributed by atoms with Gasteiger partial charge in [0, 0.05) is 22.1 Å². The second-order valence-electron chi connectivity index (χ2n) is 4.63. The van der Waals surface area contributed by atoms with Gasteiger partial charge in [-0.2, -0.15) is 0 Å². The molecule has 3 rings (SSSR count). The molecule has 0 aromatic carbocycles. The fourth-order valence-electron chi connectivity index (χ4n) is 2.03. The topological polar surface area (TPSA) is 38.9 Å². The fourth-order valence-corrected chi connectivity index (χ4v) is 2.03. The van der Waals surface area contributed by atoms with Crippen LogP contribution < -0.4 is 0 Å². The highest BCUT2D eigenvalue weighted by molar-refractivity contribution is 5.89. The SMILES string of the molecule is [2H]c1c(C([2H])([2H])[2H])cnc(C(=C)C=Cc2coc3nccc(C)c23)c1[2H]. The molecule has 3 nitrogen and oxygen atoms in total. The maximum Gasteiger partial charge on any atom is 0.226 e. The average Bonchev–Trinajstić information content (AvgIpc) is 2.98. The van der Waals surface area contributed by atoms with Crippen molar-refractivity contribution in [2.24, 2.45) is 0 Å². The van der Waals surface area contributed by atoms with Crippen LogP contribution in [0.1, 0.15) is 29.2 Å². The molecule has 3 heterocycles. The Morgan fingerprint density at radius 3 is 3.19 bits per heavy atom. The minimum Gasteiger partial charge on any atom is -0.445 e. The molecule has 3 heteroatoms. The minimum atomic E-state index is -2.48. The van der Waals surface area contributed by atoms with Crippen LogP contribution in [0.2, 0.25) is 0 Å². The standard InChI is InChI=1S/C18H16N2O/c1-12-4-7-16(20-10-12)13(2)5-6-15-11-21-18-17(15)14(3)8-9-19-18/h4-11H,2H2,1,3H3/i1D3,4D,7D. The molecule has 0 atom stereocenters. The van der Waals surface area contributed by atoms with Crippen molar-refractivity contribution in [3.8, 4) is 0 Å². The summed E-state index contributed by atoms with van der Waals surface area (Å²) in [6.07, 6.45) is 7.79. The van der Waals surface area contributed by atoms with Gasteiger partial charge in [0.25, 0.3) is 0 Å². The molecule has 0 amide bonds. The molecular weight excluding hydrogens is 260 g/mol. The van der Waals surface area contributed by atoms with Crippen molar-refractivity contribution in [3.05, 3.63) is 71.8 Å². The number of fused-ring (bicyclic) bond motifs is 1. The predicted molar refractivity (Wildman–Crippen MR) is 85.8 cm³/mol. The number of aromatic nitrogens is 2. The molecule has 0 saturated heterocycles. The molecule has 104 valence electrons. The first-order valence-corrected chi connectivity index (χ1v) is 6.37. The third kappa shape index (κ3) is 2.63. The first-order valence-electron chi connectivity index (χ1n) is 8.87. The van der Waals surface area contributed by atoms with Gasteiger partial charge >= 0.3 is 0 Å². The summed E-state index contributed by atoms with van der Waals surface area (Å²) in [5.74, 6) is 0. The second-order valence-corrected chi connectivity index (χ2v) is 4.63. The van der Waals surface area contributed by atoms with Crippen molar-refractivity contribution < 1.29 is 11.3 Å². The van der Waals surface area contributed by atoms with Crippen molar-refractivity contribution in [3.63, 3.8) is 0 Å². The zero-order chi connectivity index (χ0) is 19.1. The highest BCUT2D eigenvalue weighted by Gasteiger charge is 2.07. The van der Waals surface area contributed by atoms with Crippen molar-refractivity contribution in [2.75, 3.05) is 0 Å². The van der Waals surface area contributed by atoms with Crippen LogP contribution in [0.3, 0.4) is 0 Å². The van der Waals surface area contributed by atoms with Crippen LogP contribution >= 0.6 is 0 Å². The molecular formula is C18H16N2O. The number of hydrogen-bond donors (Lipinski definition) is 0. The van der Waals surface area contributed by atoms with E-state index in [0.29, 0.717) is 11.3 Å². The average molecular weight is 281 g/mol. The number of aryl methyl sites for hydroxylation is 2. The maximum absolute atomic E-state index is 8.04. The molecule has 21 heavy (non-hydrogen) atoms. The summed E-state index contributed by atoms with van der Waals surface area (Å²) in [6.45, 7) is 3.36. The Morgan fingerprint density at radius 1 is 1.43 bits per heavy atom. The Balaban J connectivity index is 1.95. The first kappa shape index (κ1) is 8.57. The molecule has 3 aromatic heterocycles. The lowest BCUT2D eigenvalue weighted by atomic mass is 10.1. The third-order valence-corrected chi connectivity index (χ3v) is 3.12. The summed E-state index contributed by atoms with van der Waals surface area (Å²) in [6, 6.07) is 1.26. The van der Waals surface area contributed by atoms with E-state index in [0.717, 1.165) is 22.7 Å². The van der Waals surface area contributed by atoms with Gasteiger partial charge in [0.15, 0.2) is 0 Å². The lowest BCUT2D eigenvalue weighted by molar-refractivity contribution is 0.602. The zero-order valence-electron chi connectivity index (χ0n) is 16.5. The second kappa shape index (κ2) is 5.37. The van der Waals surface area contributed by atoms with Crippen LogP contribution in [-0.4, -0.2) is 9.97 Å². The summed E-state index contributed by atoms with van der Waals surface area (Å²) in [7, 11) is 0. The summed E-state index contributed by atoms with van der Waals surface area (Å²) in [5, 5.41) is 0.884. The summed E-state index contributed by atoms with van der Waals surface area (Å²) in [4.78, 5) is 8.19. The van der Waals surface area contributed by atoms with Gasteiger partial charge in [-0.05, 0) is 42.6 Å². The Bertz CT molecular complexity index is 1030. The molecule has 0 saturated carbocycles. The highest BCUT2D eigenvalue weighted by atomic mass is 16.3. The first-order chi connectivity index (χ1) is 12.2. The fraction of sp³-hybridized carbons (Fsp3) is 0.111. The zero-order valence-corrected chi connectivity index (χ0v) is 11.5. The number of allylic oxidation sites excluding steroid dienone is 2. The molecule has 0 N–H and O–H groups in total. The number of pyridine rings is 2. The van der Waals surface area contributed by atoms with Crippen LogP contribution in [0.5, 0.6) is 0 Å². The largest absolute Gasteiger partial charge is 0.445 e. The van der Waals surface area contributed by atoms with E-state index in [9.17, 15) is 0 Å². The van der Waals surface area contributed by atoms with E-state index < -0.39 is 6.85 Å².